The third-order valence-electron chi connectivity index (χ3n) is 6.64. The molecule has 2 fully saturated rings. The first-order chi connectivity index (χ1) is 16.7. The van der Waals surface area contributed by atoms with Crippen LogP contribution in [0.4, 0.5) is 27.5 Å². The summed E-state index contributed by atoms with van der Waals surface area (Å²) in [5, 5.41) is 14.9. The van der Waals surface area contributed by atoms with Gasteiger partial charge in [0.15, 0.2) is 5.69 Å². The molecule has 0 aromatic heterocycles. The first-order valence-corrected chi connectivity index (χ1v) is 12.3. The first-order valence-electron chi connectivity index (χ1n) is 11.5. The Labute approximate surface area is 212 Å². The number of nitro groups is 1. The topological polar surface area (TPSA) is 98.3 Å². The highest BCUT2D eigenvalue weighted by atomic mass is 79.9. The zero-order valence-corrected chi connectivity index (χ0v) is 21.3. The minimum atomic E-state index is -0.627. The third-order valence-corrected chi connectivity index (χ3v) is 7.24. The molecular formula is C25H27BrN4O5. The van der Waals surface area contributed by atoms with E-state index in [4.69, 9.17) is 16.0 Å². The van der Waals surface area contributed by atoms with E-state index in [9.17, 15) is 14.9 Å². The van der Waals surface area contributed by atoms with Gasteiger partial charge in [-0.2, -0.15) is 0 Å². The van der Waals surface area contributed by atoms with Crippen molar-refractivity contribution in [1.29, 1.82) is 0 Å². The van der Waals surface area contributed by atoms with E-state index in [1.54, 1.807) is 4.90 Å². The van der Waals surface area contributed by atoms with Gasteiger partial charge in [-0.15, -0.1) is 0 Å². The Morgan fingerprint density at radius 1 is 1.34 bits per heavy atom. The molecule has 1 N–H and O–H groups in total. The molecule has 2 aromatic rings. The van der Waals surface area contributed by atoms with Gasteiger partial charge < -0.3 is 14.8 Å². The Bertz CT molecular complexity index is 1200. The lowest BCUT2D eigenvalue weighted by Gasteiger charge is -2.43. The van der Waals surface area contributed by atoms with Gasteiger partial charge in [0.1, 0.15) is 17.0 Å². The quantitative estimate of drug-likeness (QED) is 0.237. The van der Waals surface area contributed by atoms with Crippen LogP contribution in [0.5, 0.6) is 5.75 Å². The van der Waals surface area contributed by atoms with Crippen molar-refractivity contribution in [2.45, 2.75) is 45.1 Å². The molecule has 2 aromatic carbocycles. The number of halogens is 1. The monoisotopic (exact) mass is 542 g/mol. The predicted octanol–water partition coefficient (Wildman–Crippen LogP) is 6.69. The Morgan fingerprint density at radius 3 is 2.86 bits per heavy atom. The molecule has 184 valence electrons. The number of nitrogens with zero attached hydrogens (tertiary/aromatic N) is 3. The lowest BCUT2D eigenvalue weighted by molar-refractivity contribution is -0.384. The summed E-state index contributed by atoms with van der Waals surface area (Å²) in [6, 6.07) is 10.4. The van der Waals surface area contributed by atoms with E-state index >= 15 is 0 Å². The number of ether oxygens (including phenoxy) is 2. The van der Waals surface area contributed by atoms with Crippen molar-refractivity contribution >= 4 is 44.8 Å². The van der Waals surface area contributed by atoms with Gasteiger partial charge in [0, 0.05) is 12.6 Å². The number of benzene rings is 2. The molecule has 1 saturated carbocycles. The zero-order valence-electron chi connectivity index (χ0n) is 19.7. The maximum Gasteiger partial charge on any atom is 0.415 e. The number of carbonyl (C=O) groups excluding carboxylic acids is 1. The van der Waals surface area contributed by atoms with Gasteiger partial charge in [0.2, 0.25) is 0 Å². The molecule has 0 radical (unpaired) electrons. The molecule has 1 amide bonds. The van der Waals surface area contributed by atoms with Gasteiger partial charge in [-0.1, -0.05) is 13.0 Å². The minimum absolute atomic E-state index is 0.0980. The molecule has 1 heterocycles. The number of anilines is 2. The molecular weight excluding hydrogens is 516 g/mol. The summed E-state index contributed by atoms with van der Waals surface area (Å²) in [6.07, 6.45) is 2.76. The molecule has 1 spiro atoms. The van der Waals surface area contributed by atoms with Gasteiger partial charge in [-0.3, -0.25) is 15.0 Å². The third kappa shape index (κ3) is 5.20. The number of nitrogens with one attached hydrogen (secondary N) is 1. The van der Waals surface area contributed by atoms with Crippen molar-refractivity contribution in [1.82, 2.24) is 0 Å². The van der Waals surface area contributed by atoms with Gasteiger partial charge in [0.25, 0.3) is 0 Å². The molecule has 9 nitrogen and oxygen atoms in total. The summed E-state index contributed by atoms with van der Waals surface area (Å²) >= 11 is 3.22. The SMILES string of the molecule is [C-]#[N+]c1cc(Br)c([N+](=O)[O-])c(NC[C@@]2(C)CCCC3(CN(c4cccc(OCC)c4)C(=O)O3)C2)c1. The molecule has 1 aliphatic carbocycles. The zero-order chi connectivity index (χ0) is 25.2. The fourth-order valence-corrected chi connectivity index (χ4v) is 5.77. The smallest absolute Gasteiger partial charge is 0.415 e. The highest BCUT2D eigenvalue weighted by Gasteiger charge is 2.51. The van der Waals surface area contributed by atoms with E-state index in [1.165, 1.54) is 12.1 Å². The maximum absolute atomic E-state index is 12.9. The number of carbonyl (C=O) groups is 1. The number of nitro benzene ring substituents is 1. The van der Waals surface area contributed by atoms with Crippen molar-refractivity contribution in [3.8, 4) is 5.75 Å². The van der Waals surface area contributed by atoms with Crippen molar-refractivity contribution in [3.63, 3.8) is 0 Å². The maximum atomic E-state index is 12.9. The molecule has 2 aliphatic rings. The molecule has 0 bridgehead atoms. The van der Waals surface area contributed by atoms with Crippen LogP contribution in [0.3, 0.4) is 0 Å². The summed E-state index contributed by atoms with van der Waals surface area (Å²) < 4.78 is 11.8. The molecule has 1 unspecified atom stereocenters. The van der Waals surface area contributed by atoms with Crippen LogP contribution in [0.15, 0.2) is 40.9 Å². The average Bonchev–Trinajstić information content (AvgIpc) is 3.12. The largest absolute Gasteiger partial charge is 0.494 e. The second-order valence-corrected chi connectivity index (χ2v) is 10.3. The first kappa shape index (κ1) is 24.8. The average molecular weight is 543 g/mol. The van der Waals surface area contributed by atoms with Crippen LogP contribution >= 0.6 is 15.9 Å². The number of hydrogen-bond donors (Lipinski definition) is 1. The van der Waals surface area contributed by atoms with Crippen LogP contribution in [0.2, 0.25) is 0 Å². The Kier molecular flexibility index (Phi) is 6.90. The van der Waals surface area contributed by atoms with Crippen molar-refractivity contribution < 1.29 is 19.2 Å². The van der Waals surface area contributed by atoms with Crippen LogP contribution in [-0.2, 0) is 4.74 Å². The summed E-state index contributed by atoms with van der Waals surface area (Å²) in [4.78, 5) is 29.1. The predicted molar refractivity (Wildman–Crippen MR) is 136 cm³/mol. The van der Waals surface area contributed by atoms with E-state index in [2.05, 4.69) is 33.0 Å². The standard InChI is InChI=1S/C25H27BrN4O5/c1-4-34-19-8-5-7-18(13-19)29-16-25(35-23(29)31)10-6-9-24(2,14-25)15-28-21-12-17(27-3)11-20(26)22(21)30(32)33/h5,7-8,11-13,28H,4,6,9-10,14-16H2,1-2H3/t24-,25?/m0/s1. The second kappa shape index (κ2) is 9.74. The van der Waals surface area contributed by atoms with Crippen LogP contribution in [-0.4, -0.2) is 36.3 Å². The Hall–Kier alpha value is -3.32. The van der Waals surface area contributed by atoms with Gasteiger partial charge in [-0.25, -0.2) is 9.64 Å². The molecule has 10 heteroatoms. The van der Waals surface area contributed by atoms with Crippen LogP contribution in [0, 0.1) is 22.1 Å². The van der Waals surface area contributed by atoms with Crippen molar-refractivity contribution in [2.24, 2.45) is 5.41 Å². The van der Waals surface area contributed by atoms with Crippen LogP contribution in [0.1, 0.15) is 39.5 Å². The minimum Gasteiger partial charge on any atom is -0.494 e. The molecule has 35 heavy (non-hydrogen) atoms. The fourth-order valence-electron chi connectivity index (χ4n) is 5.17. The highest BCUT2D eigenvalue weighted by Crippen LogP contribution is 2.48. The molecule has 1 aliphatic heterocycles. The summed E-state index contributed by atoms with van der Waals surface area (Å²) in [6.45, 7) is 12.7. The van der Waals surface area contributed by atoms with Gasteiger partial charge in [0.05, 0.1) is 34.8 Å². The number of rotatable bonds is 7. The Morgan fingerprint density at radius 2 is 2.14 bits per heavy atom. The normalized spacial score (nSPS) is 23.6. The van der Waals surface area contributed by atoms with Crippen LogP contribution in [0.25, 0.3) is 4.85 Å². The van der Waals surface area contributed by atoms with Crippen molar-refractivity contribution in [2.75, 3.05) is 29.9 Å². The Balaban J connectivity index is 1.52. The lowest BCUT2D eigenvalue weighted by atomic mass is 9.68. The van der Waals surface area contributed by atoms with E-state index in [-0.39, 0.29) is 21.7 Å². The van der Waals surface area contributed by atoms with Crippen LogP contribution < -0.4 is 15.0 Å². The summed E-state index contributed by atoms with van der Waals surface area (Å²) in [7, 11) is 0. The number of hydrogen-bond acceptors (Lipinski definition) is 6. The van der Waals surface area contributed by atoms with Gasteiger partial charge >= 0.3 is 11.8 Å². The second-order valence-electron chi connectivity index (χ2n) is 9.45. The van der Waals surface area contributed by atoms with E-state index in [1.807, 2.05) is 31.2 Å². The molecule has 1 saturated heterocycles. The molecule has 2 atom stereocenters. The van der Waals surface area contributed by atoms with Crippen molar-refractivity contribution in [3.05, 3.63) is 62.4 Å². The van der Waals surface area contributed by atoms with E-state index in [0.29, 0.717) is 43.2 Å². The van der Waals surface area contributed by atoms with E-state index < -0.39 is 10.5 Å². The lowest BCUT2D eigenvalue weighted by Crippen LogP contribution is -2.46. The number of amides is 1. The highest BCUT2D eigenvalue weighted by molar-refractivity contribution is 9.10. The molecule has 4 rings (SSSR count). The fraction of sp³-hybridized carbons (Fsp3) is 0.440. The van der Waals surface area contributed by atoms with E-state index in [0.717, 1.165) is 24.9 Å². The summed E-state index contributed by atoms with van der Waals surface area (Å²) in [5.41, 5.74) is 0.353. The summed E-state index contributed by atoms with van der Waals surface area (Å²) in [5.74, 6) is 0.700. The van der Waals surface area contributed by atoms with Gasteiger partial charge in [-0.05, 0) is 78.2 Å².